The average Bonchev–Trinajstić information content (AvgIpc) is 2.47. The van der Waals surface area contributed by atoms with Crippen LogP contribution in [0.3, 0.4) is 0 Å². The lowest BCUT2D eigenvalue weighted by Crippen LogP contribution is -1.87. The van der Waals surface area contributed by atoms with E-state index in [9.17, 15) is 9.59 Å². The molecule has 0 aromatic carbocycles. The molecule has 1 aromatic heterocycles. The van der Waals surface area contributed by atoms with Gasteiger partial charge in [0.15, 0.2) is 12.0 Å². The molecule has 0 unspecified atom stereocenters. The minimum atomic E-state index is -1.24. The minimum absolute atomic E-state index is 0.0451. The number of rotatable bonds is 1. The van der Waals surface area contributed by atoms with Crippen molar-refractivity contribution in [1.29, 1.82) is 0 Å². The molecular weight excluding hydrogens is 160 g/mol. The minimum Gasteiger partial charge on any atom is -0.472 e. The van der Waals surface area contributed by atoms with Crippen LogP contribution >= 0.6 is 0 Å². The molecular formula is C8H4O4. The number of aldehydes is 1. The largest absolute Gasteiger partial charge is 0.472 e. The van der Waals surface area contributed by atoms with Crippen LogP contribution in [0.15, 0.2) is 16.7 Å². The van der Waals surface area contributed by atoms with E-state index in [1.54, 1.807) is 0 Å². The third-order valence-electron chi connectivity index (χ3n) is 1.11. The number of carbonyl (C=O) groups is 2. The molecule has 0 atom stereocenters. The Morgan fingerprint density at radius 3 is 3.00 bits per heavy atom. The van der Waals surface area contributed by atoms with Crippen LogP contribution in [0.25, 0.3) is 0 Å². The molecule has 4 nitrogen and oxygen atoms in total. The number of carbonyl (C=O) groups excluding carboxylic acids is 1. The lowest BCUT2D eigenvalue weighted by Gasteiger charge is -1.80. The van der Waals surface area contributed by atoms with Crippen molar-refractivity contribution in [2.45, 2.75) is 0 Å². The summed E-state index contributed by atoms with van der Waals surface area (Å²) in [4.78, 5) is 20.2. The van der Waals surface area contributed by atoms with Gasteiger partial charge in [0, 0.05) is 5.92 Å². The second kappa shape index (κ2) is 3.39. The van der Waals surface area contributed by atoms with Crippen molar-refractivity contribution in [3.63, 3.8) is 0 Å². The Morgan fingerprint density at radius 2 is 2.42 bits per heavy atom. The SMILES string of the molecule is O=Cc1occc1C#CC(=O)O. The van der Waals surface area contributed by atoms with Gasteiger partial charge in [-0.3, -0.25) is 4.79 Å². The molecule has 0 aliphatic carbocycles. The first kappa shape index (κ1) is 8.08. The van der Waals surface area contributed by atoms with E-state index in [4.69, 9.17) is 5.11 Å². The number of hydrogen-bond acceptors (Lipinski definition) is 3. The molecule has 1 heterocycles. The molecule has 0 aliphatic rings. The highest BCUT2D eigenvalue weighted by molar-refractivity contribution is 5.88. The maximum atomic E-state index is 10.2. The molecule has 1 rings (SSSR count). The van der Waals surface area contributed by atoms with Crippen LogP contribution in [0.4, 0.5) is 0 Å². The van der Waals surface area contributed by atoms with E-state index in [2.05, 4.69) is 10.3 Å². The standard InChI is InChI=1S/C8H4O4/c9-5-7-6(3-4-12-7)1-2-8(10)11/h3-5H,(H,10,11). The molecule has 60 valence electrons. The summed E-state index contributed by atoms with van der Waals surface area (Å²) in [6.07, 6.45) is 1.75. The highest BCUT2D eigenvalue weighted by atomic mass is 16.4. The van der Waals surface area contributed by atoms with Crippen LogP contribution < -0.4 is 0 Å². The van der Waals surface area contributed by atoms with Gasteiger partial charge in [0.2, 0.25) is 0 Å². The summed E-state index contributed by atoms with van der Waals surface area (Å²) in [6.45, 7) is 0. The summed E-state index contributed by atoms with van der Waals surface area (Å²) in [6, 6.07) is 1.43. The maximum absolute atomic E-state index is 10.2. The van der Waals surface area contributed by atoms with E-state index in [1.165, 1.54) is 12.3 Å². The second-order valence-electron chi connectivity index (χ2n) is 1.87. The topological polar surface area (TPSA) is 67.5 Å². The van der Waals surface area contributed by atoms with Gasteiger partial charge in [-0.25, -0.2) is 4.79 Å². The summed E-state index contributed by atoms with van der Waals surface area (Å²) in [5.74, 6) is 2.94. The monoisotopic (exact) mass is 164 g/mol. The Balaban J connectivity index is 2.98. The van der Waals surface area contributed by atoms with E-state index in [0.717, 1.165) is 0 Å². The zero-order valence-electron chi connectivity index (χ0n) is 5.90. The summed E-state index contributed by atoms with van der Waals surface area (Å²) < 4.78 is 4.68. The highest BCUT2D eigenvalue weighted by Crippen LogP contribution is 2.04. The van der Waals surface area contributed by atoms with Crippen LogP contribution in [0.1, 0.15) is 16.1 Å². The maximum Gasteiger partial charge on any atom is 0.382 e. The Hall–Kier alpha value is -2.02. The first-order valence-electron chi connectivity index (χ1n) is 3.01. The molecule has 0 saturated carbocycles. The summed E-state index contributed by atoms with van der Waals surface area (Å²) in [5.41, 5.74) is 0.285. The number of furan rings is 1. The number of aliphatic carboxylic acids is 1. The second-order valence-corrected chi connectivity index (χ2v) is 1.87. The van der Waals surface area contributed by atoms with Crippen LogP contribution in [-0.4, -0.2) is 17.4 Å². The molecule has 0 radical (unpaired) electrons. The van der Waals surface area contributed by atoms with E-state index in [-0.39, 0.29) is 11.3 Å². The first-order valence-corrected chi connectivity index (χ1v) is 3.01. The zero-order valence-corrected chi connectivity index (χ0v) is 5.90. The molecule has 1 aromatic rings. The fourth-order valence-corrected chi connectivity index (χ4v) is 0.636. The average molecular weight is 164 g/mol. The Morgan fingerprint density at radius 1 is 1.67 bits per heavy atom. The molecule has 12 heavy (non-hydrogen) atoms. The van der Waals surface area contributed by atoms with Crippen LogP contribution in [0.5, 0.6) is 0 Å². The van der Waals surface area contributed by atoms with E-state index in [0.29, 0.717) is 6.29 Å². The molecule has 0 bridgehead atoms. The zero-order chi connectivity index (χ0) is 8.97. The van der Waals surface area contributed by atoms with Gasteiger partial charge in [-0.05, 0) is 6.07 Å². The smallest absolute Gasteiger partial charge is 0.382 e. The third-order valence-corrected chi connectivity index (χ3v) is 1.11. The Labute approximate surface area is 67.8 Å². The number of carboxylic acids is 1. The third kappa shape index (κ3) is 1.73. The molecule has 0 spiro atoms. The van der Waals surface area contributed by atoms with Gasteiger partial charge in [-0.15, -0.1) is 0 Å². The fraction of sp³-hybridized carbons (Fsp3) is 0. The van der Waals surface area contributed by atoms with Gasteiger partial charge < -0.3 is 9.52 Å². The summed E-state index contributed by atoms with van der Waals surface area (Å²) in [7, 11) is 0. The quantitative estimate of drug-likeness (QED) is 0.485. The summed E-state index contributed by atoms with van der Waals surface area (Å²) >= 11 is 0. The Kier molecular flexibility index (Phi) is 2.29. The first-order chi connectivity index (χ1) is 5.74. The van der Waals surface area contributed by atoms with E-state index in [1.807, 2.05) is 5.92 Å². The summed E-state index contributed by atoms with van der Waals surface area (Å²) in [5, 5.41) is 8.18. The molecule has 0 aliphatic heterocycles. The van der Waals surface area contributed by atoms with Crippen molar-refractivity contribution in [2.24, 2.45) is 0 Å². The van der Waals surface area contributed by atoms with Gasteiger partial charge in [0.25, 0.3) is 0 Å². The molecule has 0 fully saturated rings. The van der Waals surface area contributed by atoms with Crippen molar-refractivity contribution in [3.05, 3.63) is 23.7 Å². The van der Waals surface area contributed by atoms with Crippen LogP contribution in [-0.2, 0) is 4.79 Å². The molecule has 1 N–H and O–H groups in total. The van der Waals surface area contributed by atoms with Crippen LogP contribution in [0, 0.1) is 11.8 Å². The lowest BCUT2D eigenvalue weighted by atomic mass is 10.2. The Bertz CT molecular complexity index is 364. The normalized spacial score (nSPS) is 8.33. The highest BCUT2D eigenvalue weighted by Gasteiger charge is 2.00. The van der Waals surface area contributed by atoms with Gasteiger partial charge in [-0.1, -0.05) is 5.92 Å². The predicted octanol–water partition coefficient (Wildman–Crippen LogP) is 0.528. The molecule has 0 saturated heterocycles. The number of hydrogen-bond donors (Lipinski definition) is 1. The number of carboxylic acid groups (broad SMARTS) is 1. The van der Waals surface area contributed by atoms with Gasteiger partial charge in [0.05, 0.1) is 11.8 Å². The van der Waals surface area contributed by atoms with Crippen molar-refractivity contribution in [2.75, 3.05) is 0 Å². The predicted molar refractivity (Wildman–Crippen MR) is 38.6 cm³/mol. The molecule has 4 heteroatoms. The van der Waals surface area contributed by atoms with Gasteiger partial charge in [0.1, 0.15) is 0 Å². The molecule has 0 amide bonds. The van der Waals surface area contributed by atoms with E-state index < -0.39 is 5.97 Å². The van der Waals surface area contributed by atoms with Crippen molar-refractivity contribution in [3.8, 4) is 11.8 Å². The van der Waals surface area contributed by atoms with E-state index >= 15 is 0 Å². The van der Waals surface area contributed by atoms with Crippen molar-refractivity contribution >= 4 is 12.3 Å². The van der Waals surface area contributed by atoms with Crippen molar-refractivity contribution < 1.29 is 19.1 Å². The van der Waals surface area contributed by atoms with Gasteiger partial charge in [-0.2, -0.15) is 0 Å². The van der Waals surface area contributed by atoms with Crippen molar-refractivity contribution in [1.82, 2.24) is 0 Å². The lowest BCUT2D eigenvalue weighted by molar-refractivity contribution is -0.130. The van der Waals surface area contributed by atoms with Crippen LogP contribution in [0.2, 0.25) is 0 Å². The fourth-order valence-electron chi connectivity index (χ4n) is 0.636. The van der Waals surface area contributed by atoms with Gasteiger partial charge >= 0.3 is 5.97 Å².